The molecule has 1 saturated heterocycles. The highest BCUT2D eigenvalue weighted by molar-refractivity contribution is 8.01. The quantitative estimate of drug-likeness (QED) is 0.668. The van der Waals surface area contributed by atoms with Gasteiger partial charge in [-0.25, -0.2) is 8.42 Å². The minimum atomic E-state index is -3.30. The Labute approximate surface area is 124 Å². The maximum atomic E-state index is 12.1. The highest BCUT2D eigenvalue weighted by Crippen LogP contribution is 2.22. The Bertz CT molecular complexity index is 449. The van der Waals surface area contributed by atoms with Crippen molar-refractivity contribution in [2.24, 2.45) is 0 Å². The van der Waals surface area contributed by atoms with Gasteiger partial charge < -0.3 is 9.64 Å². The van der Waals surface area contributed by atoms with E-state index in [9.17, 15) is 18.0 Å². The molecule has 116 valence electrons. The van der Waals surface area contributed by atoms with Crippen LogP contribution in [0.4, 0.5) is 0 Å². The van der Waals surface area contributed by atoms with Crippen LogP contribution in [0.3, 0.4) is 0 Å². The second-order valence-corrected chi connectivity index (χ2v) is 7.97. The first-order chi connectivity index (χ1) is 9.42. The van der Waals surface area contributed by atoms with E-state index in [0.29, 0.717) is 12.3 Å². The van der Waals surface area contributed by atoms with Gasteiger partial charge in [-0.2, -0.15) is 11.8 Å². The van der Waals surface area contributed by atoms with E-state index < -0.39 is 21.2 Å². The lowest BCUT2D eigenvalue weighted by Gasteiger charge is -2.34. The molecule has 0 aromatic carbocycles. The summed E-state index contributed by atoms with van der Waals surface area (Å²) in [6.07, 6.45) is -0.00551. The van der Waals surface area contributed by atoms with E-state index in [4.69, 9.17) is 4.74 Å². The largest absolute Gasteiger partial charge is 0.466 e. The number of hydrogen-bond donors (Lipinski definition) is 0. The van der Waals surface area contributed by atoms with Crippen LogP contribution in [0.2, 0.25) is 0 Å². The highest BCUT2D eigenvalue weighted by atomic mass is 32.2. The number of thioether (sulfide) groups is 1. The van der Waals surface area contributed by atoms with Gasteiger partial charge in [0, 0.05) is 30.2 Å². The van der Waals surface area contributed by atoms with E-state index >= 15 is 0 Å². The fraction of sp³-hybridized carbons (Fsp3) is 0.833. The molecule has 20 heavy (non-hydrogen) atoms. The Morgan fingerprint density at radius 1 is 1.30 bits per heavy atom. The zero-order valence-electron chi connectivity index (χ0n) is 11.8. The van der Waals surface area contributed by atoms with Gasteiger partial charge in [-0.05, 0) is 6.92 Å². The molecule has 0 aromatic heterocycles. The summed E-state index contributed by atoms with van der Waals surface area (Å²) in [5.41, 5.74) is 0. The van der Waals surface area contributed by atoms with Crippen molar-refractivity contribution in [1.82, 2.24) is 4.90 Å². The Morgan fingerprint density at radius 2 is 2.00 bits per heavy atom. The molecule has 1 amide bonds. The summed E-state index contributed by atoms with van der Waals surface area (Å²) in [6.45, 7) is 3.97. The minimum absolute atomic E-state index is 0.000760. The van der Waals surface area contributed by atoms with Crippen LogP contribution in [0.25, 0.3) is 0 Å². The van der Waals surface area contributed by atoms with Crippen LogP contribution < -0.4 is 0 Å². The third-order valence-corrected chi connectivity index (χ3v) is 6.36. The van der Waals surface area contributed by atoms with Crippen molar-refractivity contribution in [1.29, 1.82) is 0 Å². The van der Waals surface area contributed by atoms with E-state index in [1.807, 2.05) is 0 Å². The number of nitrogens with zero attached hydrogens (tertiary/aromatic N) is 1. The van der Waals surface area contributed by atoms with Gasteiger partial charge in [-0.15, -0.1) is 0 Å². The lowest BCUT2D eigenvalue weighted by molar-refractivity contribution is -0.145. The van der Waals surface area contributed by atoms with Gasteiger partial charge in [-0.1, -0.05) is 6.92 Å². The van der Waals surface area contributed by atoms with Crippen molar-refractivity contribution in [2.75, 3.05) is 30.4 Å². The molecule has 1 aliphatic rings. The smallest absolute Gasteiger partial charge is 0.306 e. The number of amides is 1. The standard InChI is InChI=1S/C12H21NO5S2/c1-3-18-12(15)6-5-10(14)13-7-8-19-9-11(13)20(16,17)4-2/h11H,3-9H2,1-2H3. The van der Waals surface area contributed by atoms with Crippen molar-refractivity contribution in [3.8, 4) is 0 Å². The topological polar surface area (TPSA) is 80.8 Å². The molecule has 0 spiro atoms. The van der Waals surface area contributed by atoms with Gasteiger partial charge in [0.05, 0.1) is 13.0 Å². The molecule has 1 aliphatic heterocycles. The molecule has 1 fully saturated rings. The molecule has 1 unspecified atom stereocenters. The maximum Gasteiger partial charge on any atom is 0.306 e. The van der Waals surface area contributed by atoms with Gasteiger partial charge in [0.15, 0.2) is 9.84 Å². The third-order valence-electron chi connectivity index (χ3n) is 3.07. The summed E-state index contributed by atoms with van der Waals surface area (Å²) in [7, 11) is -3.30. The van der Waals surface area contributed by atoms with E-state index in [2.05, 4.69) is 0 Å². The van der Waals surface area contributed by atoms with Crippen LogP contribution in [0.15, 0.2) is 0 Å². The third kappa shape index (κ3) is 4.66. The Hall–Kier alpha value is -0.760. The molecule has 0 N–H and O–H groups in total. The van der Waals surface area contributed by atoms with Crippen molar-refractivity contribution >= 4 is 33.5 Å². The summed E-state index contributed by atoms with van der Waals surface area (Å²) in [6, 6.07) is 0. The normalized spacial score (nSPS) is 19.7. The maximum absolute atomic E-state index is 12.1. The van der Waals surface area contributed by atoms with Crippen LogP contribution in [0.5, 0.6) is 0 Å². The molecular weight excluding hydrogens is 302 g/mol. The lowest BCUT2D eigenvalue weighted by atomic mass is 10.2. The van der Waals surface area contributed by atoms with Gasteiger partial charge >= 0.3 is 5.97 Å². The van der Waals surface area contributed by atoms with Gasteiger partial charge in [0.25, 0.3) is 0 Å². The van der Waals surface area contributed by atoms with E-state index in [-0.39, 0.29) is 31.1 Å². The fourth-order valence-electron chi connectivity index (χ4n) is 1.94. The number of sulfone groups is 1. The van der Waals surface area contributed by atoms with Gasteiger partial charge in [0.1, 0.15) is 5.37 Å². The highest BCUT2D eigenvalue weighted by Gasteiger charge is 2.35. The van der Waals surface area contributed by atoms with Crippen LogP contribution >= 0.6 is 11.8 Å². The molecular formula is C12H21NO5S2. The van der Waals surface area contributed by atoms with Crippen LogP contribution in [0, 0.1) is 0 Å². The van der Waals surface area contributed by atoms with Crippen molar-refractivity contribution < 1.29 is 22.7 Å². The van der Waals surface area contributed by atoms with Crippen LogP contribution in [-0.2, 0) is 24.2 Å². The first kappa shape index (κ1) is 17.3. The first-order valence-corrected chi connectivity index (χ1v) is 9.53. The van der Waals surface area contributed by atoms with Crippen molar-refractivity contribution in [2.45, 2.75) is 32.1 Å². The van der Waals surface area contributed by atoms with Crippen LogP contribution in [0.1, 0.15) is 26.7 Å². The second-order valence-electron chi connectivity index (χ2n) is 4.37. The number of ether oxygens (including phenoxy) is 1. The van der Waals surface area contributed by atoms with Crippen molar-refractivity contribution in [3.05, 3.63) is 0 Å². The SMILES string of the molecule is CCOC(=O)CCC(=O)N1CCSCC1S(=O)(=O)CC. The number of rotatable bonds is 6. The molecule has 0 saturated carbocycles. The lowest BCUT2D eigenvalue weighted by Crippen LogP contribution is -2.50. The summed E-state index contributed by atoms with van der Waals surface area (Å²) in [4.78, 5) is 24.8. The fourth-order valence-corrected chi connectivity index (χ4v) is 4.93. The predicted molar refractivity (Wildman–Crippen MR) is 78.2 cm³/mol. The number of carbonyl (C=O) groups excluding carboxylic acids is 2. The Kier molecular flexibility index (Phi) is 6.81. The number of carbonyl (C=O) groups is 2. The average molecular weight is 323 g/mol. The molecule has 6 nitrogen and oxygen atoms in total. The predicted octanol–water partition coefficient (Wildman–Crippen LogP) is 0.666. The molecule has 1 rings (SSSR count). The Morgan fingerprint density at radius 3 is 2.60 bits per heavy atom. The molecule has 0 aliphatic carbocycles. The van der Waals surface area contributed by atoms with Crippen molar-refractivity contribution in [3.63, 3.8) is 0 Å². The summed E-state index contributed by atoms with van der Waals surface area (Å²) < 4.78 is 28.8. The molecule has 8 heteroatoms. The Balaban J connectivity index is 2.66. The first-order valence-electron chi connectivity index (χ1n) is 6.66. The molecule has 1 heterocycles. The zero-order valence-corrected chi connectivity index (χ0v) is 13.5. The second kappa shape index (κ2) is 7.87. The van der Waals surface area contributed by atoms with E-state index in [1.54, 1.807) is 13.8 Å². The van der Waals surface area contributed by atoms with Crippen LogP contribution in [-0.4, -0.2) is 61.0 Å². The summed E-state index contributed by atoms with van der Waals surface area (Å²) in [5.74, 6) is 0.421. The monoisotopic (exact) mass is 323 g/mol. The minimum Gasteiger partial charge on any atom is -0.466 e. The summed E-state index contributed by atoms with van der Waals surface area (Å²) >= 11 is 1.53. The molecule has 0 radical (unpaired) electrons. The average Bonchev–Trinajstić information content (AvgIpc) is 2.45. The van der Waals surface area contributed by atoms with Gasteiger partial charge in [0.2, 0.25) is 5.91 Å². The molecule has 1 atom stereocenters. The zero-order chi connectivity index (χ0) is 15.2. The van der Waals surface area contributed by atoms with E-state index in [0.717, 1.165) is 5.75 Å². The molecule has 0 aromatic rings. The number of hydrogen-bond acceptors (Lipinski definition) is 6. The summed E-state index contributed by atoms with van der Waals surface area (Å²) in [5, 5.41) is -0.763. The molecule has 0 bridgehead atoms. The number of esters is 1. The van der Waals surface area contributed by atoms with E-state index in [1.165, 1.54) is 16.7 Å². The van der Waals surface area contributed by atoms with Gasteiger partial charge in [-0.3, -0.25) is 9.59 Å².